The van der Waals surface area contributed by atoms with Crippen LogP contribution in [0.4, 0.5) is 0 Å². The van der Waals surface area contributed by atoms with Gasteiger partial charge in [-0.1, -0.05) is 27.7 Å². The number of aromatic amines is 1. The Hall–Kier alpha value is -2.48. The fourth-order valence-electron chi connectivity index (χ4n) is 2.57. The molecule has 0 saturated heterocycles. The van der Waals surface area contributed by atoms with Crippen molar-refractivity contribution in [3.05, 3.63) is 38.2 Å². The molecule has 0 saturated carbocycles. The number of amides is 1. The van der Waals surface area contributed by atoms with Gasteiger partial charge in [0.2, 0.25) is 0 Å². The van der Waals surface area contributed by atoms with Crippen molar-refractivity contribution >= 4 is 16.9 Å². The predicted octanol–water partition coefficient (Wildman–Crippen LogP) is 0.586. The third kappa shape index (κ3) is 3.96. The highest BCUT2D eigenvalue weighted by Crippen LogP contribution is 2.20. The summed E-state index contributed by atoms with van der Waals surface area (Å²) in [7, 11) is 0. The second kappa shape index (κ2) is 7.60. The van der Waals surface area contributed by atoms with Crippen LogP contribution in [0.2, 0.25) is 0 Å². The van der Waals surface area contributed by atoms with Gasteiger partial charge in [0, 0.05) is 18.8 Å². The lowest BCUT2D eigenvalue weighted by atomic mass is 10.0. The average Bonchev–Trinajstić information content (AvgIpc) is 2.54. The summed E-state index contributed by atoms with van der Waals surface area (Å²) in [6, 6.07) is 1.57. The number of aromatic nitrogens is 3. The van der Waals surface area contributed by atoms with E-state index in [4.69, 9.17) is 5.11 Å². The van der Waals surface area contributed by atoms with Crippen molar-refractivity contribution in [3.8, 4) is 0 Å². The SMILES string of the molecule is CC(C)Cn1c(=O)[nH]c(=O)c2c(C(=O)NCCO)cc(C(C)C)nc21. The first kappa shape index (κ1) is 18.9. The topological polar surface area (TPSA) is 117 Å². The molecule has 0 spiro atoms. The molecule has 8 nitrogen and oxygen atoms in total. The van der Waals surface area contributed by atoms with Gasteiger partial charge in [-0.2, -0.15) is 0 Å². The Morgan fingerprint density at radius 1 is 1.32 bits per heavy atom. The van der Waals surface area contributed by atoms with Gasteiger partial charge in [0.05, 0.1) is 17.6 Å². The smallest absolute Gasteiger partial charge is 0.330 e. The number of carbonyl (C=O) groups is 1. The predicted molar refractivity (Wildman–Crippen MR) is 95.0 cm³/mol. The maximum Gasteiger partial charge on any atom is 0.330 e. The molecule has 0 aliphatic heterocycles. The lowest BCUT2D eigenvalue weighted by molar-refractivity contribution is 0.0946. The molecule has 25 heavy (non-hydrogen) atoms. The molecule has 136 valence electrons. The summed E-state index contributed by atoms with van der Waals surface area (Å²) >= 11 is 0. The highest BCUT2D eigenvalue weighted by molar-refractivity contribution is 6.05. The molecule has 3 N–H and O–H groups in total. The van der Waals surface area contributed by atoms with E-state index in [0.29, 0.717) is 12.2 Å². The number of nitrogens with zero attached hydrogens (tertiary/aromatic N) is 2. The Balaban J connectivity index is 2.85. The number of hydrogen-bond donors (Lipinski definition) is 3. The fourth-order valence-corrected chi connectivity index (χ4v) is 2.57. The van der Waals surface area contributed by atoms with Gasteiger partial charge >= 0.3 is 5.69 Å². The number of carbonyl (C=O) groups excluding carboxylic acids is 1. The highest BCUT2D eigenvalue weighted by Gasteiger charge is 2.20. The Kier molecular flexibility index (Phi) is 5.73. The molecule has 0 radical (unpaired) electrons. The van der Waals surface area contributed by atoms with Crippen LogP contribution >= 0.6 is 0 Å². The molecule has 0 unspecified atom stereocenters. The van der Waals surface area contributed by atoms with E-state index in [2.05, 4.69) is 15.3 Å². The number of aliphatic hydroxyl groups excluding tert-OH is 1. The molecule has 0 aromatic carbocycles. The molecule has 0 bridgehead atoms. The molecule has 2 rings (SSSR count). The van der Waals surface area contributed by atoms with Crippen molar-refractivity contribution in [3.63, 3.8) is 0 Å². The van der Waals surface area contributed by atoms with Gasteiger partial charge in [0.1, 0.15) is 0 Å². The molecule has 0 fully saturated rings. The molecular formula is C17H24N4O4. The first-order valence-corrected chi connectivity index (χ1v) is 8.33. The van der Waals surface area contributed by atoms with Crippen LogP contribution in [0.25, 0.3) is 11.0 Å². The summed E-state index contributed by atoms with van der Waals surface area (Å²) in [5.74, 6) is -0.317. The third-order valence-corrected chi connectivity index (χ3v) is 3.75. The van der Waals surface area contributed by atoms with Crippen molar-refractivity contribution < 1.29 is 9.90 Å². The second-order valence-electron chi connectivity index (χ2n) is 6.69. The number of rotatable bonds is 6. The highest BCUT2D eigenvalue weighted by atomic mass is 16.3. The lowest BCUT2D eigenvalue weighted by Crippen LogP contribution is -2.34. The van der Waals surface area contributed by atoms with Crippen LogP contribution < -0.4 is 16.6 Å². The molecule has 0 atom stereocenters. The molecule has 2 aromatic heterocycles. The Bertz CT molecular complexity index is 896. The summed E-state index contributed by atoms with van der Waals surface area (Å²) in [4.78, 5) is 43.9. The molecule has 0 aliphatic carbocycles. The molecule has 2 aromatic rings. The van der Waals surface area contributed by atoms with E-state index in [1.165, 1.54) is 4.57 Å². The van der Waals surface area contributed by atoms with E-state index in [1.807, 2.05) is 27.7 Å². The van der Waals surface area contributed by atoms with Crippen LogP contribution in [-0.4, -0.2) is 38.7 Å². The standard InChI is InChI=1S/C17H24N4O4/c1-9(2)8-21-14-13(16(24)20-17(21)25)11(15(23)18-5-6-22)7-12(19-14)10(3)4/h7,9-10,22H,5-6,8H2,1-4H3,(H,18,23)(H,20,24,25). The summed E-state index contributed by atoms with van der Waals surface area (Å²) in [6.45, 7) is 7.97. The van der Waals surface area contributed by atoms with Crippen LogP contribution in [0.1, 0.15) is 49.7 Å². The molecular weight excluding hydrogens is 324 g/mol. The molecule has 2 heterocycles. The summed E-state index contributed by atoms with van der Waals surface area (Å²) < 4.78 is 1.40. The lowest BCUT2D eigenvalue weighted by Gasteiger charge is -2.15. The molecule has 1 amide bonds. The minimum Gasteiger partial charge on any atom is -0.395 e. The first-order chi connectivity index (χ1) is 11.8. The Labute approximate surface area is 144 Å². The largest absolute Gasteiger partial charge is 0.395 e. The van der Waals surface area contributed by atoms with Crippen molar-refractivity contribution in [2.75, 3.05) is 13.2 Å². The van der Waals surface area contributed by atoms with Gasteiger partial charge in [-0.05, 0) is 17.9 Å². The van der Waals surface area contributed by atoms with E-state index < -0.39 is 17.2 Å². The van der Waals surface area contributed by atoms with E-state index in [-0.39, 0.29) is 41.6 Å². The monoisotopic (exact) mass is 348 g/mol. The van der Waals surface area contributed by atoms with Crippen LogP contribution in [0.15, 0.2) is 15.7 Å². The first-order valence-electron chi connectivity index (χ1n) is 8.33. The number of nitrogens with one attached hydrogen (secondary N) is 2. The number of fused-ring (bicyclic) bond motifs is 1. The van der Waals surface area contributed by atoms with Gasteiger partial charge in [-0.3, -0.25) is 19.1 Å². The Morgan fingerprint density at radius 2 is 2.00 bits per heavy atom. The summed E-state index contributed by atoms with van der Waals surface area (Å²) in [5, 5.41) is 11.5. The van der Waals surface area contributed by atoms with Crippen LogP contribution in [0.3, 0.4) is 0 Å². The zero-order valence-electron chi connectivity index (χ0n) is 14.9. The summed E-state index contributed by atoms with van der Waals surface area (Å²) in [5.41, 5.74) is -0.203. The number of H-pyrrole nitrogens is 1. The van der Waals surface area contributed by atoms with Gasteiger partial charge < -0.3 is 10.4 Å². The van der Waals surface area contributed by atoms with Crippen LogP contribution in [-0.2, 0) is 6.54 Å². The van der Waals surface area contributed by atoms with Gasteiger partial charge in [0.25, 0.3) is 11.5 Å². The minimum absolute atomic E-state index is 0.00989. The van der Waals surface area contributed by atoms with Gasteiger partial charge in [0.15, 0.2) is 5.65 Å². The Morgan fingerprint density at radius 3 is 2.56 bits per heavy atom. The van der Waals surface area contributed by atoms with Crippen LogP contribution in [0, 0.1) is 5.92 Å². The average molecular weight is 348 g/mol. The molecule has 0 aliphatic rings. The quantitative estimate of drug-likeness (QED) is 0.706. The number of hydrogen-bond acceptors (Lipinski definition) is 5. The minimum atomic E-state index is -0.642. The van der Waals surface area contributed by atoms with Gasteiger partial charge in [-0.15, -0.1) is 0 Å². The normalized spacial score (nSPS) is 11.5. The maximum absolute atomic E-state index is 12.5. The second-order valence-corrected chi connectivity index (χ2v) is 6.69. The van der Waals surface area contributed by atoms with Crippen molar-refractivity contribution in [2.45, 2.75) is 40.2 Å². The van der Waals surface area contributed by atoms with E-state index in [0.717, 1.165) is 0 Å². The van der Waals surface area contributed by atoms with E-state index in [1.54, 1.807) is 6.07 Å². The molecule has 8 heteroatoms. The van der Waals surface area contributed by atoms with E-state index in [9.17, 15) is 14.4 Å². The number of aliphatic hydroxyl groups is 1. The zero-order chi connectivity index (χ0) is 18.7. The van der Waals surface area contributed by atoms with Crippen molar-refractivity contribution in [1.29, 1.82) is 0 Å². The van der Waals surface area contributed by atoms with Crippen molar-refractivity contribution in [2.24, 2.45) is 5.92 Å². The number of pyridine rings is 1. The third-order valence-electron chi connectivity index (χ3n) is 3.75. The van der Waals surface area contributed by atoms with Gasteiger partial charge in [-0.25, -0.2) is 9.78 Å². The zero-order valence-corrected chi connectivity index (χ0v) is 14.9. The van der Waals surface area contributed by atoms with Crippen LogP contribution in [0.5, 0.6) is 0 Å². The van der Waals surface area contributed by atoms with Crippen molar-refractivity contribution in [1.82, 2.24) is 19.9 Å². The fraction of sp³-hybridized carbons (Fsp3) is 0.529. The summed E-state index contributed by atoms with van der Waals surface area (Å²) in [6.07, 6.45) is 0. The van der Waals surface area contributed by atoms with E-state index >= 15 is 0 Å². The maximum atomic E-state index is 12.5.